The summed E-state index contributed by atoms with van der Waals surface area (Å²) in [5.74, 6) is 0.710. The van der Waals surface area contributed by atoms with Crippen LogP contribution >= 0.6 is 0 Å². The lowest BCUT2D eigenvalue weighted by atomic mass is 9.93. The standard InChI is InChI=1S/C14H30N2/c1-7-14(4,5)16(6)13(11(2)3)10-15-12-8-9-12/h11-13,15H,7-10H2,1-6H3. The number of hydrogen-bond donors (Lipinski definition) is 1. The zero-order chi connectivity index (χ0) is 12.3. The van der Waals surface area contributed by atoms with Crippen LogP contribution in [0.25, 0.3) is 0 Å². The highest BCUT2D eigenvalue weighted by Crippen LogP contribution is 2.24. The number of nitrogens with zero attached hydrogens (tertiary/aromatic N) is 1. The topological polar surface area (TPSA) is 15.3 Å². The molecule has 1 saturated carbocycles. The second-order valence-corrected chi connectivity index (χ2v) is 6.27. The van der Waals surface area contributed by atoms with Gasteiger partial charge in [-0.15, -0.1) is 0 Å². The number of rotatable bonds is 7. The molecule has 0 aromatic rings. The van der Waals surface area contributed by atoms with E-state index >= 15 is 0 Å². The third kappa shape index (κ3) is 3.74. The van der Waals surface area contributed by atoms with Crippen LogP contribution in [0.2, 0.25) is 0 Å². The van der Waals surface area contributed by atoms with Crippen LogP contribution in [-0.4, -0.2) is 36.1 Å². The molecular weight excluding hydrogens is 196 g/mol. The molecule has 0 aliphatic heterocycles. The van der Waals surface area contributed by atoms with Crippen molar-refractivity contribution in [2.75, 3.05) is 13.6 Å². The average Bonchev–Trinajstić information content (AvgIpc) is 3.01. The van der Waals surface area contributed by atoms with E-state index in [0.29, 0.717) is 17.5 Å². The van der Waals surface area contributed by atoms with Gasteiger partial charge in [0.25, 0.3) is 0 Å². The first-order valence-corrected chi connectivity index (χ1v) is 6.84. The molecule has 1 unspecified atom stereocenters. The van der Waals surface area contributed by atoms with Crippen LogP contribution in [0.4, 0.5) is 0 Å². The first-order chi connectivity index (χ1) is 7.38. The van der Waals surface area contributed by atoms with Crippen molar-refractivity contribution in [3.05, 3.63) is 0 Å². The van der Waals surface area contributed by atoms with Crippen molar-refractivity contribution in [1.82, 2.24) is 10.2 Å². The predicted octanol–water partition coefficient (Wildman–Crippen LogP) is 2.88. The summed E-state index contributed by atoms with van der Waals surface area (Å²) in [4.78, 5) is 2.56. The Morgan fingerprint density at radius 3 is 2.25 bits per heavy atom. The van der Waals surface area contributed by atoms with Crippen molar-refractivity contribution in [3.63, 3.8) is 0 Å². The van der Waals surface area contributed by atoms with Gasteiger partial charge >= 0.3 is 0 Å². The molecule has 1 fully saturated rings. The largest absolute Gasteiger partial charge is 0.312 e. The molecule has 0 saturated heterocycles. The van der Waals surface area contributed by atoms with E-state index in [4.69, 9.17) is 0 Å². The molecule has 1 N–H and O–H groups in total. The maximum Gasteiger partial charge on any atom is 0.0245 e. The summed E-state index contributed by atoms with van der Waals surface area (Å²) < 4.78 is 0. The number of nitrogens with one attached hydrogen (secondary N) is 1. The first-order valence-electron chi connectivity index (χ1n) is 6.84. The highest BCUT2D eigenvalue weighted by atomic mass is 15.2. The molecule has 16 heavy (non-hydrogen) atoms. The zero-order valence-corrected chi connectivity index (χ0v) is 12.0. The molecule has 1 aliphatic carbocycles. The summed E-state index contributed by atoms with van der Waals surface area (Å²) in [6.45, 7) is 12.8. The SMILES string of the molecule is CCC(C)(C)N(C)C(CNC1CC1)C(C)C. The Morgan fingerprint density at radius 2 is 1.88 bits per heavy atom. The van der Waals surface area contributed by atoms with Crippen LogP contribution in [0.3, 0.4) is 0 Å². The van der Waals surface area contributed by atoms with Gasteiger partial charge in [-0.05, 0) is 46.1 Å². The molecule has 0 aromatic heterocycles. The van der Waals surface area contributed by atoms with Gasteiger partial charge in [0, 0.05) is 24.2 Å². The highest BCUT2D eigenvalue weighted by Gasteiger charge is 2.31. The lowest BCUT2D eigenvalue weighted by Crippen LogP contribution is -2.53. The second-order valence-electron chi connectivity index (χ2n) is 6.27. The molecular formula is C14H30N2. The molecule has 1 atom stereocenters. The van der Waals surface area contributed by atoms with Gasteiger partial charge in [0.1, 0.15) is 0 Å². The van der Waals surface area contributed by atoms with Gasteiger partial charge < -0.3 is 5.32 Å². The molecule has 0 aromatic carbocycles. The smallest absolute Gasteiger partial charge is 0.0245 e. The summed E-state index contributed by atoms with van der Waals surface area (Å²) in [5.41, 5.74) is 0.306. The Balaban J connectivity index is 2.52. The molecule has 1 rings (SSSR count). The van der Waals surface area contributed by atoms with Gasteiger partial charge in [-0.25, -0.2) is 0 Å². The van der Waals surface area contributed by atoms with Crippen molar-refractivity contribution in [1.29, 1.82) is 0 Å². The second kappa shape index (κ2) is 5.50. The fraction of sp³-hybridized carbons (Fsp3) is 1.00. The van der Waals surface area contributed by atoms with Crippen LogP contribution in [0.15, 0.2) is 0 Å². The molecule has 2 heteroatoms. The zero-order valence-electron chi connectivity index (χ0n) is 12.0. The van der Waals surface area contributed by atoms with E-state index in [1.807, 2.05) is 0 Å². The van der Waals surface area contributed by atoms with E-state index in [1.165, 1.54) is 19.3 Å². The first kappa shape index (κ1) is 14.0. The van der Waals surface area contributed by atoms with Crippen molar-refractivity contribution in [2.24, 2.45) is 5.92 Å². The lowest BCUT2D eigenvalue weighted by molar-refractivity contribution is 0.0706. The fourth-order valence-corrected chi connectivity index (χ4v) is 2.09. The predicted molar refractivity (Wildman–Crippen MR) is 71.8 cm³/mol. The van der Waals surface area contributed by atoms with E-state index < -0.39 is 0 Å². The Hall–Kier alpha value is -0.0800. The maximum atomic E-state index is 3.67. The van der Waals surface area contributed by atoms with Gasteiger partial charge in [-0.3, -0.25) is 4.90 Å². The van der Waals surface area contributed by atoms with E-state index in [0.717, 1.165) is 12.6 Å². The summed E-state index contributed by atoms with van der Waals surface area (Å²) in [6.07, 6.45) is 3.97. The minimum atomic E-state index is 0.306. The summed E-state index contributed by atoms with van der Waals surface area (Å²) in [5, 5.41) is 3.67. The molecule has 0 heterocycles. The normalized spacial score (nSPS) is 19.5. The minimum Gasteiger partial charge on any atom is -0.312 e. The van der Waals surface area contributed by atoms with Gasteiger partial charge in [-0.2, -0.15) is 0 Å². The molecule has 2 nitrogen and oxygen atoms in total. The van der Waals surface area contributed by atoms with Gasteiger partial charge in [-0.1, -0.05) is 20.8 Å². The third-order valence-electron chi connectivity index (χ3n) is 4.28. The summed E-state index contributed by atoms with van der Waals surface area (Å²) >= 11 is 0. The number of likely N-dealkylation sites (N-methyl/N-ethyl adjacent to an activating group) is 1. The van der Waals surface area contributed by atoms with E-state index in [2.05, 4.69) is 51.9 Å². The Morgan fingerprint density at radius 1 is 1.31 bits per heavy atom. The molecule has 96 valence electrons. The van der Waals surface area contributed by atoms with E-state index in [-0.39, 0.29) is 0 Å². The third-order valence-corrected chi connectivity index (χ3v) is 4.28. The van der Waals surface area contributed by atoms with E-state index in [9.17, 15) is 0 Å². The lowest BCUT2D eigenvalue weighted by Gasteiger charge is -2.42. The minimum absolute atomic E-state index is 0.306. The molecule has 0 radical (unpaired) electrons. The van der Waals surface area contributed by atoms with Crippen LogP contribution in [-0.2, 0) is 0 Å². The molecule has 0 bridgehead atoms. The van der Waals surface area contributed by atoms with E-state index in [1.54, 1.807) is 0 Å². The van der Waals surface area contributed by atoms with Crippen molar-refractivity contribution >= 4 is 0 Å². The Labute approximate surface area is 102 Å². The maximum absolute atomic E-state index is 3.67. The fourth-order valence-electron chi connectivity index (χ4n) is 2.09. The van der Waals surface area contributed by atoms with Crippen LogP contribution in [0.1, 0.15) is 53.9 Å². The monoisotopic (exact) mass is 226 g/mol. The molecule has 0 spiro atoms. The van der Waals surface area contributed by atoms with Gasteiger partial charge in [0.05, 0.1) is 0 Å². The summed E-state index contributed by atoms with van der Waals surface area (Å²) in [7, 11) is 2.28. The van der Waals surface area contributed by atoms with Crippen LogP contribution < -0.4 is 5.32 Å². The average molecular weight is 226 g/mol. The molecule has 0 amide bonds. The van der Waals surface area contributed by atoms with Crippen LogP contribution in [0.5, 0.6) is 0 Å². The molecule has 1 aliphatic rings. The Kier molecular flexibility index (Phi) is 4.81. The number of hydrogen-bond acceptors (Lipinski definition) is 2. The summed E-state index contributed by atoms with van der Waals surface area (Å²) in [6, 6.07) is 1.47. The van der Waals surface area contributed by atoms with Crippen molar-refractivity contribution in [2.45, 2.75) is 71.5 Å². The van der Waals surface area contributed by atoms with Crippen LogP contribution in [0, 0.1) is 5.92 Å². The quantitative estimate of drug-likeness (QED) is 0.718. The van der Waals surface area contributed by atoms with Crippen molar-refractivity contribution < 1.29 is 0 Å². The van der Waals surface area contributed by atoms with Gasteiger partial charge in [0.15, 0.2) is 0 Å². The van der Waals surface area contributed by atoms with Crippen molar-refractivity contribution in [3.8, 4) is 0 Å². The highest BCUT2D eigenvalue weighted by molar-refractivity contribution is 4.89. The Bertz CT molecular complexity index is 207. The van der Waals surface area contributed by atoms with Gasteiger partial charge in [0.2, 0.25) is 0 Å².